The van der Waals surface area contributed by atoms with Gasteiger partial charge in [-0.25, -0.2) is 0 Å². The second kappa shape index (κ2) is 8.38. The molecule has 1 atom stereocenters. The summed E-state index contributed by atoms with van der Waals surface area (Å²) in [6.07, 6.45) is 3.83. The number of hydrogen-bond acceptors (Lipinski definition) is 0. The zero-order valence-electron chi connectivity index (χ0n) is 11.9. The van der Waals surface area contributed by atoms with Gasteiger partial charge in [0.25, 0.3) is 0 Å². The lowest BCUT2D eigenvalue weighted by Crippen LogP contribution is -1.89. The minimum atomic E-state index is 0.867. The summed E-state index contributed by atoms with van der Waals surface area (Å²) in [6, 6.07) is 6.84. The molecule has 0 amide bonds. The summed E-state index contributed by atoms with van der Waals surface area (Å²) in [5.74, 6) is 0.867. The van der Waals surface area contributed by atoms with E-state index in [1.54, 1.807) is 11.1 Å². The first kappa shape index (κ1) is 15.2. The average molecular weight is 220 g/mol. The summed E-state index contributed by atoms with van der Waals surface area (Å²) in [5.41, 5.74) is 4.55. The van der Waals surface area contributed by atoms with Crippen LogP contribution in [0.3, 0.4) is 0 Å². The summed E-state index contributed by atoms with van der Waals surface area (Å²) in [4.78, 5) is 0. The minimum Gasteiger partial charge on any atom is -0.0683 e. The van der Waals surface area contributed by atoms with E-state index in [2.05, 4.69) is 45.9 Å². The predicted octanol–water partition coefficient (Wildman–Crippen LogP) is 5.17. The molecule has 0 nitrogen and oxygen atoms in total. The van der Waals surface area contributed by atoms with Crippen LogP contribution in [0.25, 0.3) is 0 Å². The molecule has 92 valence electrons. The largest absolute Gasteiger partial charge is 0.0683 e. The van der Waals surface area contributed by atoms with Crippen molar-refractivity contribution >= 4 is 0 Å². The highest BCUT2D eigenvalue weighted by molar-refractivity contribution is 5.35. The van der Waals surface area contributed by atoms with Crippen LogP contribution in [-0.2, 0) is 12.8 Å². The molecule has 1 aliphatic rings. The lowest BCUT2D eigenvalue weighted by molar-refractivity contribution is 0.628. The van der Waals surface area contributed by atoms with Crippen LogP contribution in [0.4, 0.5) is 0 Å². The topological polar surface area (TPSA) is 0 Å². The van der Waals surface area contributed by atoms with Gasteiger partial charge in [-0.3, -0.25) is 0 Å². The van der Waals surface area contributed by atoms with Crippen molar-refractivity contribution in [1.82, 2.24) is 0 Å². The third-order valence-corrected chi connectivity index (χ3v) is 2.50. The normalized spacial score (nSPS) is 16.5. The van der Waals surface area contributed by atoms with Gasteiger partial charge in [0.2, 0.25) is 0 Å². The Kier molecular flexibility index (Phi) is 7.97. The molecule has 0 aromatic heterocycles. The monoisotopic (exact) mass is 220 g/mol. The van der Waals surface area contributed by atoms with Gasteiger partial charge >= 0.3 is 0 Å². The van der Waals surface area contributed by atoms with Gasteiger partial charge < -0.3 is 0 Å². The van der Waals surface area contributed by atoms with Crippen molar-refractivity contribution in [3.8, 4) is 0 Å². The van der Waals surface area contributed by atoms with Gasteiger partial charge in [0.15, 0.2) is 0 Å². The summed E-state index contributed by atoms with van der Waals surface area (Å²) < 4.78 is 0. The van der Waals surface area contributed by atoms with Crippen LogP contribution < -0.4 is 0 Å². The summed E-state index contributed by atoms with van der Waals surface area (Å²) in [6.45, 7) is 12.7. The second-order valence-electron chi connectivity index (χ2n) is 4.49. The first-order valence-corrected chi connectivity index (χ1v) is 6.75. The number of rotatable bonds is 0. The van der Waals surface area contributed by atoms with Crippen molar-refractivity contribution in [1.29, 1.82) is 0 Å². The molecule has 1 unspecified atom stereocenters. The molecule has 1 aliphatic carbocycles. The van der Waals surface area contributed by atoms with Crippen LogP contribution in [0.5, 0.6) is 0 Å². The van der Waals surface area contributed by atoms with Crippen molar-refractivity contribution in [2.75, 3.05) is 0 Å². The van der Waals surface area contributed by atoms with Crippen LogP contribution in [0.1, 0.15) is 57.7 Å². The molecule has 0 radical (unpaired) electrons. The van der Waals surface area contributed by atoms with E-state index < -0.39 is 0 Å². The van der Waals surface area contributed by atoms with E-state index in [-0.39, 0.29) is 0 Å². The lowest BCUT2D eigenvalue weighted by Gasteiger charge is -1.98. The van der Waals surface area contributed by atoms with E-state index in [1.165, 1.54) is 24.8 Å². The molecule has 1 aromatic rings. The Morgan fingerprint density at radius 1 is 1.06 bits per heavy atom. The van der Waals surface area contributed by atoms with Gasteiger partial charge in [-0.15, -0.1) is 0 Å². The summed E-state index contributed by atoms with van der Waals surface area (Å²) in [7, 11) is 0. The molecule has 0 heterocycles. The Balaban J connectivity index is 0.000000394. The highest BCUT2D eigenvalue weighted by atomic mass is 14.2. The molecule has 0 fully saturated rings. The van der Waals surface area contributed by atoms with Gasteiger partial charge in [0.1, 0.15) is 0 Å². The molecule has 0 bridgehead atoms. The van der Waals surface area contributed by atoms with E-state index in [9.17, 15) is 0 Å². The fraction of sp³-hybridized carbons (Fsp3) is 0.625. The van der Waals surface area contributed by atoms with Crippen molar-refractivity contribution in [2.45, 2.75) is 60.8 Å². The van der Waals surface area contributed by atoms with Crippen LogP contribution in [0.15, 0.2) is 18.2 Å². The zero-order valence-corrected chi connectivity index (χ0v) is 11.9. The second-order valence-corrected chi connectivity index (χ2v) is 4.49. The van der Waals surface area contributed by atoms with Gasteiger partial charge in [0, 0.05) is 0 Å². The molecule has 0 spiro atoms. The van der Waals surface area contributed by atoms with Crippen LogP contribution in [-0.4, -0.2) is 0 Å². The van der Waals surface area contributed by atoms with Crippen LogP contribution in [0, 0.1) is 12.8 Å². The minimum absolute atomic E-state index is 0.867. The molecular weight excluding hydrogens is 192 g/mol. The Hall–Kier alpha value is -0.780. The SMILES string of the molecule is CC.CCC.Cc1ccc2c(c1)CC(C)C2. The first-order valence-electron chi connectivity index (χ1n) is 6.75. The third kappa shape index (κ3) is 4.83. The van der Waals surface area contributed by atoms with Crippen molar-refractivity contribution in [2.24, 2.45) is 5.92 Å². The van der Waals surface area contributed by atoms with Gasteiger partial charge in [-0.1, -0.05) is 64.8 Å². The fourth-order valence-corrected chi connectivity index (χ4v) is 1.97. The third-order valence-electron chi connectivity index (χ3n) is 2.50. The Labute approximate surface area is 102 Å². The van der Waals surface area contributed by atoms with E-state index >= 15 is 0 Å². The molecule has 2 rings (SSSR count). The fourth-order valence-electron chi connectivity index (χ4n) is 1.97. The highest BCUT2D eigenvalue weighted by Crippen LogP contribution is 2.26. The molecule has 1 aromatic carbocycles. The molecular formula is C16H28. The van der Waals surface area contributed by atoms with Crippen molar-refractivity contribution in [3.05, 3.63) is 34.9 Å². The maximum atomic E-state index is 2.33. The highest BCUT2D eigenvalue weighted by Gasteiger charge is 2.16. The molecule has 16 heavy (non-hydrogen) atoms. The van der Waals surface area contributed by atoms with E-state index in [4.69, 9.17) is 0 Å². The summed E-state index contributed by atoms with van der Waals surface area (Å²) >= 11 is 0. The van der Waals surface area contributed by atoms with Crippen LogP contribution in [0.2, 0.25) is 0 Å². The zero-order chi connectivity index (χ0) is 12.6. The average Bonchev–Trinajstić information content (AvgIpc) is 2.61. The Morgan fingerprint density at radius 3 is 2.12 bits per heavy atom. The summed E-state index contributed by atoms with van der Waals surface area (Å²) in [5, 5.41) is 0. The van der Waals surface area contributed by atoms with Crippen LogP contribution >= 0.6 is 0 Å². The quantitative estimate of drug-likeness (QED) is 0.565. The Bertz CT molecular complexity index is 286. The smallest absolute Gasteiger partial charge is 0.0247 e. The number of benzene rings is 1. The van der Waals surface area contributed by atoms with Gasteiger partial charge in [-0.05, 0) is 36.8 Å². The molecule has 0 N–H and O–H groups in total. The standard InChI is InChI=1S/C11H14.C3H8.C2H6/c1-8-3-4-10-6-9(2)7-11(10)5-8;1-3-2;1-2/h3-5,9H,6-7H2,1-2H3;3H2,1-2H3;1-2H3. The van der Waals surface area contributed by atoms with Gasteiger partial charge in [-0.2, -0.15) is 0 Å². The van der Waals surface area contributed by atoms with Gasteiger partial charge in [0.05, 0.1) is 0 Å². The predicted molar refractivity (Wildman–Crippen MR) is 75.1 cm³/mol. The molecule has 0 saturated heterocycles. The maximum absolute atomic E-state index is 2.33. The Morgan fingerprint density at radius 2 is 1.56 bits per heavy atom. The molecule has 0 aliphatic heterocycles. The molecule has 0 saturated carbocycles. The number of fused-ring (bicyclic) bond motifs is 1. The van der Waals surface area contributed by atoms with E-state index in [0.29, 0.717) is 0 Å². The first-order chi connectivity index (χ1) is 7.67. The van der Waals surface area contributed by atoms with Crippen molar-refractivity contribution < 1.29 is 0 Å². The van der Waals surface area contributed by atoms with E-state index in [0.717, 1.165) is 5.92 Å². The lowest BCUT2D eigenvalue weighted by atomic mass is 10.1. The number of aryl methyl sites for hydroxylation is 1. The van der Waals surface area contributed by atoms with Crippen molar-refractivity contribution in [3.63, 3.8) is 0 Å². The number of hydrogen-bond donors (Lipinski definition) is 0. The van der Waals surface area contributed by atoms with E-state index in [1.807, 2.05) is 13.8 Å². The molecule has 0 heteroatoms. The maximum Gasteiger partial charge on any atom is -0.0247 e.